The van der Waals surface area contributed by atoms with Gasteiger partial charge in [-0.15, -0.1) is 0 Å². The molecule has 0 aliphatic carbocycles. The SMILES string of the molecule is CC(C)NC(=O)c1ccc(NCc2ccc(N3CCOC(C)C3)nc2)c([N+](=O)[O-])c1. The number of aromatic nitrogens is 1. The van der Waals surface area contributed by atoms with E-state index in [9.17, 15) is 14.9 Å². The zero-order valence-corrected chi connectivity index (χ0v) is 17.4. The first kappa shape index (κ1) is 21.5. The zero-order chi connectivity index (χ0) is 21.7. The normalized spacial score (nSPS) is 16.4. The van der Waals surface area contributed by atoms with Gasteiger partial charge in [0.25, 0.3) is 11.6 Å². The number of ether oxygens (including phenoxy) is 1. The summed E-state index contributed by atoms with van der Waals surface area (Å²) in [5.74, 6) is 0.553. The third-order valence-electron chi connectivity index (χ3n) is 4.73. The number of rotatable bonds is 7. The highest BCUT2D eigenvalue weighted by molar-refractivity contribution is 5.95. The van der Waals surface area contributed by atoms with Crippen LogP contribution in [0, 0.1) is 10.1 Å². The Kier molecular flexibility index (Phi) is 6.83. The van der Waals surface area contributed by atoms with Crippen LogP contribution in [0.5, 0.6) is 0 Å². The van der Waals surface area contributed by atoms with Crippen LogP contribution >= 0.6 is 0 Å². The molecule has 1 atom stereocenters. The van der Waals surface area contributed by atoms with E-state index in [1.165, 1.54) is 6.07 Å². The molecular weight excluding hydrogens is 386 g/mol. The minimum absolute atomic E-state index is 0.0505. The van der Waals surface area contributed by atoms with Crippen LogP contribution in [0.4, 0.5) is 17.2 Å². The van der Waals surface area contributed by atoms with Gasteiger partial charge in [0.15, 0.2) is 0 Å². The number of anilines is 2. The lowest BCUT2D eigenvalue weighted by Gasteiger charge is -2.32. The van der Waals surface area contributed by atoms with E-state index in [1.807, 2.05) is 32.9 Å². The van der Waals surface area contributed by atoms with Gasteiger partial charge in [-0.2, -0.15) is 0 Å². The second kappa shape index (κ2) is 9.53. The summed E-state index contributed by atoms with van der Waals surface area (Å²) in [5, 5.41) is 17.3. The van der Waals surface area contributed by atoms with E-state index in [0.29, 0.717) is 18.8 Å². The first-order valence-electron chi connectivity index (χ1n) is 9.98. The minimum atomic E-state index is -0.491. The summed E-state index contributed by atoms with van der Waals surface area (Å²) in [7, 11) is 0. The molecule has 0 spiro atoms. The first-order chi connectivity index (χ1) is 14.3. The van der Waals surface area contributed by atoms with E-state index in [1.54, 1.807) is 18.3 Å². The molecule has 1 fully saturated rings. The summed E-state index contributed by atoms with van der Waals surface area (Å²) in [6.45, 7) is 8.37. The van der Waals surface area contributed by atoms with Crippen molar-refractivity contribution >= 4 is 23.1 Å². The molecule has 9 heteroatoms. The molecule has 9 nitrogen and oxygen atoms in total. The average Bonchev–Trinajstić information content (AvgIpc) is 2.72. The quantitative estimate of drug-likeness (QED) is 0.530. The Bertz CT molecular complexity index is 901. The molecule has 2 aromatic rings. The average molecular weight is 413 g/mol. The van der Waals surface area contributed by atoms with Crippen molar-refractivity contribution in [2.45, 2.75) is 39.5 Å². The van der Waals surface area contributed by atoms with Gasteiger partial charge in [0.1, 0.15) is 11.5 Å². The van der Waals surface area contributed by atoms with Crippen LogP contribution in [0.15, 0.2) is 36.5 Å². The molecule has 1 aliphatic rings. The molecular formula is C21H27N5O4. The molecule has 3 rings (SSSR count). The van der Waals surface area contributed by atoms with Crippen LogP contribution in [-0.2, 0) is 11.3 Å². The van der Waals surface area contributed by atoms with Gasteiger partial charge in [0, 0.05) is 43.5 Å². The predicted octanol–water partition coefficient (Wildman–Crippen LogP) is 2.97. The summed E-state index contributed by atoms with van der Waals surface area (Å²) in [5.41, 5.74) is 1.37. The van der Waals surface area contributed by atoms with E-state index in [-0.39, 0.29) is 29.3 Å². The van der Waals surface area contributed by atoms with Crippen LogP contribution in [0.2, 0.25) is 0 Å². The van der Waals surface area contributed by atoms with E-state index >= 15 is 0 Å². The largest absolute Gasteiger partial charge is 0.375 e. The van der Waals surface area contributed by atoms with Crippen molar-refractivity contribution in [2.24, 2.45) is 0 Å². The Morgan fingerprint density at radius 1 is 1.37 bits per heavy atom. The van der Waals surface area contributed by atoms with Crippen LogP contribution in [0.25, 0.3) is 0 Å². The number of nitro groups is 1. The van der Waals surface area contributed by atoms with Crippen molar-refractivity contribution in [3.63, 3.8) is 0 Å². The highest BCUT2D eigenvalue weighted by Crippen LogP contribution is 2.26. The second-order valence-corrected chi connectivity index (χ2v) is 7.62. The van der Waals surface area contributed by atoms with Gasteiger partial charge in [-0.05, 0) is 44.5 Å². The van der Waals surface area contributed by atoms with Gasteiger partial charge in [0.2, 0.25) is 0 Å². The van der Waals surface area contributed by atoms with Crippen molar-refractivity contribution in [1.82, 2.24) is 10.3 Å². The molecule has 0 radical (unpaired) electrons. The maximum atomic E-state index is 12.1. The molecule has 30 heavy (non-hydrogen) atoms. The smallest absolute Gasteiger partial charge is 0.293 e. The molecule has 1 amide bonds. The van der Waals surface area contributed by atoms with Gasteiger partial charge < -0.3 is 20.3 Å². The molecule has 1 saturated heterocycles. The molecule has 2 heterocycles. The third-order valence-corrected chi connectivity index (χ3v) is 4.73. The molecule has 1 aromatic heterocycles. The van der Waals surface area contributed by atoms with Gasteiger partial charge in [-0.25, -0.2) is 4.98 Å². The number of nitrogens with zero attached hydrogens (tertiary/aromatic N) is 3. The Labute approximate surface area is 175 Å². The first-order valence-corrected chi connectivity index (χ1v) is 9.98. The maximum Gasteiger partial charge on any atom is 0.293 e. The number of hydrogen-bond donors (Lipinski definition) is 2. The lowest BCUT2D eigenvalue weighted by molar-refractivity contribution is -0.384. The summed E-state index contributed by atoms with van der Waals surface area (Å²) in [6.07, 6.45) is 1.94. The molecule has 1 aliphatic heterocycles. The van der Waals surface area contributed by atoms with Gasteiger partial charge in [-0.1, -0.05) is 6.07 Å². The van der Waals surface area contributed by atoms with Crippen LogP contribution in [0.3, 0.4) is 0 Å². The maximum absolute atomic E-state index is 12.1. The number of morpholine rings is 1. The molecule has 2 N–H and O–H groups in total. The molecule has 0 saturated carbocycles. The number of carbonyl (C=O) groups is 1. The Balaban J connectivity index is 1.67. The molecule has 1 unspecified atom stereocenters. The highest BCUT2D eigenvalue weighted by atomic mass is 16.6. The minimum Gasteiger partial charge on any atom is -0.375 e. The lowest BCUT2D eigenvalue weighted by Crippen LogP contribution is -2.41. The summed E-state index contributed by atoms with van der Waals surface area (Å²) in [4.78, 5) is 29.8. The standard InChI is InChI=1S/C21H27N5O4/c1-14(2)24-21(27)17-5-6-18(19(10-17)26(28)29)22-11-16-4-7-20(23-12-16)25-8-9-30-15(3)13-25/h4-7,10,12,14-15,22H,8-9,11,13H2,1-3H3,(H,24,27). The Morgan fingerprint density at radius 3 is 2.80 bits per heavy atom. The van der Waals surface area contributed by atoms with Crippen molar-refractivity contribution in [1.29, 1.82) is 0 Å². The number of amides is 1. The number of carbonyl (C=O) groups excluding carboxylic acids is 1. The fourth-order valence-electron chi connectivity index (χ4n) is 3.25. The van der Waals surface area contributed by atoms with Crippen molar-refractivity contribution < 1.29 is 14.5 Å². The Hall–Kier alpha value is -3.20. The van der Waals surface area contributed by atoms with E-state index in [2.05, 4.69) is 20.5 Å². The number of pyridine rings is 1. The van der Waals surface area contributed by atoms with Gasteiger partial charge in [-0.3, -0.25) is 14.9 Å². The topological polar surface area (TPSA) is 110 Å². The summed E-state index contributed by atoms with van der Waals surface area (Å²) in [6, 6.07) is 8.28. The molecule has 1 aromatic carbocycles. The van der Waals surface area contributed by atoms with Gasteiger partial charge >= 0.3 is 0 Å². The number of nitrogens with one attached hydrogen (secondary N) is 2. The van der Waals surface area contributed by atoms with Crippen molar-refractivity contribution in [3.05, 3.63) is 57.8 Å². The van der Waals surface area contributed by atoms with Crippen molar-refractivity contribution in [2.75, 3.05) is 29.9 Å². The molecule has 160 valence electrons. The second-order valence-electron chi connectivity index (χ2n) is 7.62. The number of hydrogen-bond acceptors (Lipinski definition) is 7. The number of nitro benzene ring substituents is 1. The van der Waals surface area contributed by atoms with E-state index in [4.69, 9.17) is 4.74 Å². The monoisotopic (exact) mass is 413 g/mol. The van der Waals surface area contributed by atoms with E-state index in [0.717, 1.165) is 24.5 Å². The van der Waals surface area contributed by atoms with Crippen LogP contribution in [-0.4, -0.2) is 47.7 Å². The zero-order valence-electron chi connectivity index (χ0n) is 17.4. The third kappa shape index (κ3) is 5.44. The highest BCUT2D eigenvalue weighted by Gasteiger charge is 2.19. The summed E-state index contributed by atoms with van der Waals surface area (Å²) < 4.78 is 5.55. The number of benzene rings is 1. The van der Waals surface area contributed by atoms with Gasteiger partial charge in [0.05, 0.1) is 17.6 Å². The van der Waals surface area contributed by atoms with E-state index < -0.39 is 4.92 Å². The van der Waals surface area contributed by atoms with Crippen LogP contribution < -0.4 is 15.5 Å². The van der Waals surface area contributed by atoms with Crippen LogP contribution in [0.1, 0.15) is 36.7 Å². The lowest BCUT2D eigenvalue weighted by atomic mass is 10.1. The van der Waals surface area contributed by atoms with Crippen molar-refractivity contribution in [3.8, 4) is 0 Å². The summed E-state index contributed by atoms with van der Waals surface area (Å²) >= 11 is 0. The fourth-order valence-corrected chi connectivity index (χ4v) is 3.25. The fraction of sp³-hybridized carbons (Fsp3) is 0.429. The predicted molar refractivity (Wildman–Crippen MR) is 115 cm³/mol. The molecule has 0 bridgehead atoms. The Morgan fingerprint density at radius 2 is 2.17 bits per heavy atom.